The lowest BCUT2D eigenvalue weighted by atomic mass is 9.85. The van der Waals surface area contributed by atoms with Crippen LogP contribution in [0.1, 0.15) is 66.1 Å². The van der Waals surface area contributed by atoms with Crippen LogP contribution in [0.4, 0.5) is 0 Å². The van der Waals surface area contributed by atoms with Gasteiger partial charge in [0.2, 0.25) is 5.91 Å². The smallest absolute Gasteiger partial charge is 0.257 e. The molecule has 144 valence electrons. The van der Waals surface area contributed by atoms with E-state index in [2.05, 4.69) is 10.2 Å². The van der Waals surface area contributed by atoms with E-state index in [1.54, 1.807) is 11.1 Å². The SMILES string of the molecule is NC(=O)CCN(CCc1ccccc1)C(=O)c1cn[nH]c1C1CCCCC1. The maximum atomic E-state index is 13.2. The standard InChI is InChI=1S/C21H28N4O2/c22-19(26)12-14-25(13-11-16-7-3-1-4-8-16)21(27)18-15-23-24-20(18)17-9-5-2-6-10-17/h1,3-4,7-8,15,17H,2,5-6,9-14H2,(H2,22,26)(H,23,24). The Morgan fingerprint density at radius 2 is 1.85 bits per heavy atom. The van der Waals surface area contributed by atoms with Crippen LogP contribution in [0.2, 0.25) is 0 Å². The predicted molar refractivity (Wildman–Crippen MR) is 104 cm³/mol. The summed E-state index contributed by atoms with van der Waals surface area (Å²) in [5.74, 6) is -0.0963. The van der Waals surface area contributed by atoms with Gasteiger partial charge in [-0.05, 0) is 24.8 Å². The maximum absolute atomic E-state index is 13.2. The van der Waals surface area contributed by atoms with E-state index >= 15 is 0 Å². The van der Waals surface area contributed by atoms with Crippen molar-refractivity contribution in [3.63, 3.8) is 0 Å². The van der Waals surface area contributed by atoms with Gasteiger partial charge < -0.3 is 10.6 Å². The van der Waals surface area contributed by atoms with Crippen molar-refractivity contribution < 1.29 is 9.59 Å². The van der Waals surface area contributed by atoms with Crippen LogP contribution in [0.15, 0.2) is 36.5 Å². The van der Waals surface area contributed by atoms with Crippen LogP contribution in [0.5, 0.6) is 0 Å². The molecule has 0 spiro atoms. The number of hydrogen-bond donors (Lipinski definition) is 2. The Hall–Kier alpha value is -2.63. The van der Waals surface area contributed by atoms with Crippen LogP contribution in [0, 0.1) is 0 Å². The van der Waals surface area contributed by atoms with Crippen molar-refractivity contribution in [2.45, 2.75) is 50.9 Å². The second-order valence-electron chi connectivity index (χ2n) is 7.28. The minimum Gasteiger partial charge on any atom is -0.370 e. The molecule has 0 atom stereocenters. The van der Waals surface area contributed by atoms with E-state index in [0.29, 0.717) is 24.6 Å². The van der Waals surface area contributed by atoms with E-state index in [1.807, 2.05) is 30.3 Å². The van der Waals surface area contributed by atoms with E-state index in [9.17, 15) is 9.59 Å². The normalized spacial score (nSPS) is 14.8. The average Bonchev–Trinajstić information content (AvgIpc) is 3.19. The van der Waals surface area contributed by atoms with Gasteiger partial charge in [-0.15, -0.1) is 0 Å². The molecule has 1 fully saturated rings. The first-order chi connectivity index (χ1) is 13.1. The number of hydrogen-bond acceptors (Lipinski definition) is 3. The van der Waals surface area contributed by atoms with Crippen LogP contribution in [0.25, 0.3) is 0 Å². The fourth-order valence-corrected chi connectivity index (χ4v) is 3.81. The summed E-state index contributed by atoms with van der Waals surface area (Å²) in [4.78, 5) is 26.2. The molecule has 1 aromatic heterocycles. The molecule has 3 N–H and O–H groups in total. The van der Waals surface area contributed by atoms with Gasteiger partial charge in [0, 0.05) is 25.4 Å². The van der Waals surface area contributed by atoms with Gasteiger partial charge >= 0.3 is 0 Å². The number of primary amides is 1. The molecule has 0 radical (unpaired) electrons. The van der Waals surface area contributed by atoms with Crippen molar-refractivity contribution in [1.29, 1.82) is 0 Å². The molecule has 0 aliphatic heterocycles. The molecule has 0 bridgehead atoms. The molecule has 6 nitrogen and oxygen atoms in total. The third-order valence-electron chi connectivity index (χ3n) is 5.34. The van der Waals surface area contributed by atoms with E-state index < -0.39 is 5.91 Å². The van der Waals surface area contributed by atoms with Gasteiger partial charge in [0.1, 0.15) is 0 Å². The first kappa shape index (κ1) is 19.1. The van der Waals surface area contributed by atoms with E-state index in [1.165, 1.54) is 19.3 Å². The molecule has 1 aromatic carbocycles. The van der Waals surface area contributed by atoms with Crippen LogP contribution in [0.3, 0.4) is 0 Å². The summed E-state index contributed by atoms with van der Waals surface area (Å²) in [6, 6.07) is 10.0. The van der Waals surface area contributed by atoms with Crippen molar-refractivity contribution in [2.24, 2.45) is 5.73 Å². The molecular formula is C21H28N4O2. The predicted octanol–water partition coefficient (Wildman–Crippen LogP) is 3.02. The molecule has 2 aromatic rings. The zero-order chi connectivity index (χ0) is 19.1. The number of H-pyrrole nitrogens is 1. The average molecular weight is 368 g/mol. The van der Waals surface area contributed by atoms with E-state index in [-0.39, 0.29) is 12.3 Å². The molecule has 6 heteroatoms. The Balaban J connectivity index is 1.73. The monoisotopic (exact) mass is 368 g/mol. The van der Waals surface area contributed by atoms with E-state index in [4.69, 9.17) is 5.73 Å². The summed E-state index contributed by atoms with van der Waals surface area (Å²) in [6.45, 7) is 0.877. The Morgan fingerprint density at radius 1 is 1.11 bits per heavy atom. The zero-order valence-corrected chi connectivity index (χ0v) is 15.7. The van der Waals surface area contributed by atoms with Crippen LogP contribution in [-0.4, -0.2) is 40.0 Å². The summed E-state index contributed by atoms with van der Waals surface area (Å²) < 4.78 is 0. The summed E-state index contributed by atoms with van der Waals surface area (Å²) >= 11 is 0. The van der Waals surface area contributed by atoms with Gasteiger partial charge in [-0.25, -0.2) is 0 Å². The number of rotatable bonds is 8. The Kier molecular flexibility index (Phi) is 6.63. The number of nitrogens with two attached hydrogens (primary N) is 1. The summed E-state index contributed by atoms with van der Waals surface area (Å²) in [6.07, 6.45) is 8.36. The van der Waals surface area contributed by atoms with Crippen molar-refractivity contribution in [1.82, 2.24) is 15.1 Å². The number of carbonyl (C=O) groups is 2. The molecule has 3 rings (SSSR count). The highest BCUT2D eigenvalue weighted by Gasteiger charge is 2.26. The number of aromatic amines is 1. The molecule has 2 amide bonds. The first-order valence-electron chi connectivity index (χ1n) is 9.80. The number of nitrogens with one attached hydrogen (secondary N) is 1. The highest BCUT2D eigenvalue weighted by molar-refractivity contribution is 5.95. The van der Waals surface area contributed by atoms with Gasteiger partial charge in [-0.3, -0.25) is 14.7 Å². The minimum absolute atomic E-state index is 0.0681. The maximum Gasteiger partial charge on any atom is 0.257 e. The summed E-state index contributed by atoms with van der Waals surface area (Å²) in [5.41, 5.74) is 8.07. The Labute approximate surface area is 160 Å². The van der Waals surface area contributed by atoms with Crippen molar-refractivity contribution in [3.8, 4) is 0 Å². The quantitative estimate of drug-likeness (QED) is 0.750. The lowest BCUT2D eigenvalue weighted by molar-refractivity contribution is -0.118. The lowest BCUT2D eigenvalue weighted by Gasteiger charge is -2.25. The fourth-order valence-electron chi connectivity index (χ4n) is 3.81. The topological polar surface area (TPSA) is 92.1 Å². The van der Waals surface area contributed by atoms with Crippen molar-refractivity contribution >= 4 is 11.8 Å². The molecule has 0 saturated heterocycles. The highest BCUT2D eigenvalue weighted by atomic mass is 16.2. The largest absolute Gasteiger partial charge is 0.370 e. The molecule has 27 heavy (non-hydrogen) atoms. The number of nitrogens with zero attached hydrogens (tertiary/aromatic N) is 2. The summed E-state index contributed by atoms with van der Waals surface area (Å²) in [7, 11) is 0. The highest BCUT2D eigenvalue weighted by Crippen LogP contribution is 2.33. The van der Waals surface area contributed by atoms with Crippen LogP contribution < -0.4 is 5.73 Å². The van der Waals surface area contributed by atoms with Crippen LogP contribution >= 0.6 is 0 Å². The second-order valence-corrected chi connectivity index (χ2v) is 7.28. The van der Waals surface area contributed by atoms with Gasteiger partial charge in [0.15, 0.2) is 0 Å². The van der Waals surface area contributed by atoms with Crippen molar-refractivity contribution in [3.05, 3.63) is 53.3 Å². The lowest BCUT2D eigenvalue weighted by Crippen LogP contribution is -2.36. The molecule has 1 saturated carbocycles. The third kappa shape index (κ3) is 5.18. The van der Waals surface area contributed by atoms with E-state index in [0.717, 1.165) is 30.5 Å². The molecule has 0 unspecified atom stereocenters. The molecule has 1 aliphatic carbocycles. The van der Waals surface area contributed by atoms with Crippen molar-refractivity contribution in [2.75, 3.05) is 13.1 Å². The number of aromatic nitrogens is 2. The Bertz CT molecular complexity index is 751. The number of benzene rings is 1. The van der Waals surface area contributed by atoms with Gasteiger partial charge in [-0.1, -0.05) is 49.6 Å². The van der Waals surface area contributed by atoms with Crippen LogP contribution in [-0.2, 0) is 11.2 Å². The van der Waals surface area contributed by atoms with Gasteiger partial charge in [-0.2, -0.15) is 5.10 Å². The fraction of sp³-hybridized carbons (Fsp3) is 0.476. The zero-order valence-electron chi connectivity index (χ0n) is 15.7. The van der Waals surface area contributed by atoms with Gasteiger partial charge in [0.05, 0.1) is 17.5 Å². The molecule has 1 aliphatic rings. The molecular weight excluding hydrogens is 340 g/mol. The minimum atomic E-state index is -0.396. The van der Waals surface area contributed by atoms with Gasteiger partial charge in [0.25, 0.3) is 5.91 Å². The number of amides is 2. The first-order valence-corrected chi connectivity index (χ1v) is 9.80. The second kappa shape index (κ2) is 9.35. The summed E-state index contributed by atoms with van der Waals surface area (Å²) in [5, 5.41) is 7.21. The molecule has 1 heterocycles. The Morgan fingerprint density at radius 3 is 2.56 bits per heavy atom. The third-order valence-corrected chi connectivity index (χ3v) is 5.34. The number of carbonyl (C=O) groups excluding carboxylic acids is 2.